The fourth-order valence-electron chi connectivity index (χ4n) is 1.21. The molecule has 0 aromatic heterocycles. The zero-order valence-electron chi connectivity index (χ0n) is 8.55. The minimum absolute atomic E-state index is 0.0168. The Bertz CT molecular complexity index is 491. The third-order valence-corrected chi connectivity index (χ3v) is 3.25. The lowest BCUT2D eigenvalue weighted by Gasteiger charge is -2.06. The number of hydrogen-bond donors (Lipinski definition) is 2. The van der Waals surface area contributed by atoms with Crippen molar-refractivity contribution in [2.24, 2.45) is 0 Å². The molecule has 0 saturated carbocycles. The van der Waals surface area contributed by atoms with Gasteiger partial charge in [-0.15, -0.1) is 0 Å². The Morgan fingerprint density at radius 2 is 2.06 bits per heavy atom. The van der Waals surface area contributed by atoms with Gasteiger partial charge in [-0.25, -0.2) is 13.1 Å². The van der Waals surface area contributed by atoms with Crippen molar-refractivity contribution in [3.8, 4) is 6.07 Å². The van der Waals surface area contributed by atoms with Crippen molar-refractivity contribution in [1.29, 1.82) is 5.26 Å². The van der Waals surface area contributed by atoms with Gasteiger partial charge in [0.1, 0.15) is 0 Å². The van der Waals surface area contributed by atoms with E-state index < -0.39 is 10.0 Å². The molecule has 6 heteroatoms. The Labute approximate surface area is 94.4 Å². The molecule has 0 unspecified atom stereocenters. The molecule has 0 aliphatic heterocycles. The lowest BCUT2D eigenvalue weighted by molar-refractivity contribution is 0.301. The minimum atomic E-state index is -3.49. The number of aliphatic hydroxyl groups excluding tert-OH is 1. The van der Waals surface area contributed by atoms with E-state index in [4.69, 9.17) is 10.4 Å². The van der Waals surface area contributed by atoms with Crippen LogP contribution in [0.15, 0.2) is 24.3 Å². The highest BCUT2D eigenvalue weighted by Gasteiger charge is 2.12. The van der Waals surface area contributed by atoms with E-state index in [1.807, 2.05) is 6.07 Å². The first kappa shape index (κ1) is 12.6. The number of benzene rings is 1. The summed E-state index contributed by atoms with van der Waals surface area (Å²) in [5, 5.41) is 17.3. The van der Waals surface area contributed by atoms with Gasteiger partial charge >= 0.3 is 0 Å². The number of nitrogens with one attached hydrogen (secondary N) is 1. The summed E-state index contributed by atoms with van der Waals surface area (Å²) >= 11 is 0. The molecule has 0 fully saturated rings. The largest absolute Gasteiger partial charge is 0.395 e. The molecule has 1 rings (SSSR count). The molecule has 0 spiro atoms. The van der Waals surface area contributed by atoms with Crippen molar-refractivity contribution >= 4 is 10.0 Å². The molecule has 16 heavy (non-hydrogen) atoms. The van der Waals surface area contributed by atoms with Crippen molar-refractivity contribution < 1.29 is 13.5 Å². The molecule has 0 heterocycles. The molecule has 1 aromatic carbocycles. The van der Waals surface area contributed by atoms with Crippen LogP contribution in [0.3, 0.4) is 0 Å². The maximum Gasteiger partial charge on any atom is 0.215 e. The van der Waals surface area contributed by atoms with Gasteiger partial charge in [-0.3, -0.25) is 0 Å². The summed E-state index contributed by atoms with van der Waals surface area (Å²) in [6, 6.07) is 8.45. The monoisotopic (exact) mass is 240 g/mol. The van der Waals surface area contributed by atoms with E-state index in [9.17, 15) is 8.42 Å². The van der Waals surface area contributed by atoms with E-state index in [0.717, 1.165) is 0 Å². The zero-order valence-corrected chi connectivity index (χ0v) is 9.37. The summed E-state index contributed by atoms with van der Waals surface area (Å²) in [7, 11) is -3.49. The Hall–Kier alpha value is -1.42. The van der Waals surface area contributed by atoms with Crippen LogP contribution >= 0.6 is 0 Å². The molecule has 86 valence electrons. The maximum atomic E-state index is 11.5. The molecule has 0 amide bonds. The van der Waals surface area contributed by atoms with Crippen LogP contribution in [-0.2, 0) is 15.8 Å². The first-order valence-electron chi connectivity index (χ1n) is 4.65. The summed E-state index contributed by atoms with van der Waals surface area (Å²) in [4.78, 5) is 0. The van der Waals surface area contributed by atoms with Crippen molar-refractivity contribution in [1.82, 2.24) is 4.72 Å². The van der Waals surface area contributed by atoms with Crippen molar-refractivity contribution in [3.63, 3.8) is 0 Å². The van der Waals surface area contributed by atoms with E-state index in [-0.39, 0.29) is 18.9 Å². The standard InChI is InChI=1S/C10H12N2O3S/c11-7-9-3-1-2-4-10(9)8-16(14,15)12-5-6-13/h1-4,12-13H,5-6,8H2. The van der Waals surface area contributed by atoms with Gasteiger partial charge in [0.05, 0.1) is 24.0 Å². The minimum Gasteiger partial charge on any atom is -0.395 e. The lowest BCUT2D eigenvalue weighted by atomic mass is 10.1. The van der Waals surface area contributed by atoms with Crippen LogP contribution in [0.25, 0.3) is 0 Å². The van der Waals surface area contributed by atoms with E-state index >= 15 is 0 Å². The first-order chi connectivity index (χ1) is 7.59. The number of aliphatic hydroxyl groups is 1. The second kappa shape index (κ2) is 5.61. The normalized spacial score (nSPS) is 11.0. The van der Waals surface area contributed by atoms with Gasteiger partial charge < -0.3 is 5.11 Å². The van der Waals surface area contributed by atoms with Gasteiger partial charge in [-0.05, 0) is 11.6 Å². The van der Waals surface area contributed by atoms with Crippen LogP contribution in [0.2, 0.25) is 0 Å². The quantitative estimate of drug-likeness (QED) is 0.756. The zero-order chi connectivity index (χ0) is 12.0. The van der Waals surface area contributed by atoms with Crippen LogP contribution in [0.5, 0.6) is 0 Å². The number of rotatable bonds is 5. The summed E-state index contributed by atoms with van der Waals surface area (Å²) in [6.07, 6.45) is 0. The van der Waals surface area contributed by atoms with E-state index in [0.29, 0.717) is 11.1 Å². The lowest BCUT2D eigenvalue weighted by Crippen LogP contribution is -2.28. The molecule has 0 bridgehead atoms. The number of nitrogens with zero attached hydrogens (tertiary/aromatic N) is 1. The van der Waals surface area contributed by atoms with Crippen LogP contribution in [0.4, 0.5) is 0 Å². The van der Waals surface area contributed by atoms with Crippen LogP contribution in [0, 0.1) is 11.3 Å². The van der Waals surface area contributed by atoms with Gasteiger partial charge in [-0.2, -0.15) is 5.26 Å². The fraction of sp³-hybridized carbons (Fsp3) is 0.300. The number of nitriles is 1. The molecule has 1 aromatic rings. The first-order valence-corrected chi connectivity index (χ1v) is 6.30. The van der Waals surface area contributed by atoms with Gasteiger partial charge in [0.25, 0.3) is 0 Å². The van der Waals surface area contributed by atoms with Gasteiger partial charge in [-0.1, -0.05) is 18.2 Å². The molecule has 5 nitrogen and oxygen atoms in total. The number of sulfonamides is 1. The molecule has 0 radical (unpaired) electrons. The molecular weight excluding hydrogens is 228 g/mol. The van der Waals surface area contributed by atoms with Crippen LogP contribution in [0.1, 0.15) is 11.1 Å². The highest BCUT2D eigenvalue weighted by molar-refractivity contribution is 7.88. The van der Waals surface area contributed by atoms with Crippen molar-refractivity contribution in [2.45, 2.75) is 5.75 Å². The average molecular weight is 240 g/mol. The van der Waals surface area contributed by atoms with Crippen LogP contribution in [-0.4, -0.2) is 26.7 Å². The van der Waals surface area contributed by atoms with E-state index in [2.05, 4.69) is 4.72 Å². The molecule has 0 saturated heterocycles. The van der Waals surface area contributed by atoms with Crippen LogP contribution < -0.4 is 4.72 Å². The molecule has 2 N–H and O–H groups in total. The summed E-state index contributed by atoms with van der Waals surface area (Å²) in [6.45, 7) is -0.268. The fourth-order valence-corrected chi connectivity index (χ4v) is 2.38. The van der Waals surface area contributed by atoms with Crippen molar-refractivity contribution in [2.75, 3.05) is 13.2 Å². The average Bonchev–Trinajstić information content (AvgIpc) is 2.27. The van der Waals surface area contributed by atoms with Gasteiger partial charge in [0, 0.05) is 6.54 Å². The molecule has 0 aliphatic carbocycles. The maximum absolute atomic E-state index is 11.5. The third kappa shape index (κ3) is 3.62. The smallest absolute Gasteiger partial charge is 0.215 e. The third-order valence-electron chi connectivity index (χ3n) is 1.92. The van der Waals surface area contributed by atoms with Gasteiger partial charge in [0.2, 0.25) is 10.0 Å². The number of hydrogen-bond acceptors (Lipinski definition) is 4. The SMILES string of the molecule is N#Cc1ccccc1CS(=O)(=O)NCCO. The van der Waals surface area contributed by atoms with E-state index in [1.165, 1.54) is 0 Å². The Morgan fingerprint density at radius 1 is 1.38 bits per heavy atom. The predicted molar refractivity (Wildman–Crippen MR) is 58.9 cm³/mol. The predicted octanol–water partition coefficient (Wildman–Crippen LogP) is -0.0300. The Kier molecular flexibility index (Phi) is 4.43. The second-order valence-corrected chi connectivity index (χ2v) is 4.95. The highest BCUT2D eigenvalue weighted by atomic mass is 32.2. The van der Waals surface area contributed by atoms with Crippen molar-refractivity contribution in [3.05, 3.63) is 35.4 Å². The summed E-state index contributed by atoms with van der Waals surface area (Å²) < 4.78 is 25.2. The second-order valence-electron chi connectivity index (χ2n) is 3.15. The Balaban J connectivity index is 2.85. The topological polar surface area (TPSA) is 90.2 Å². The Morgan fingerprint density at radius 3 is 2.69 bits per heavy atom. The molecule has 0 atom stereocenters. The highest BCUT2D eigenvalue weighted by Crippen LogP contribution is 2.10. The van der Waals surface area contributed by atoms with E-state index in [1.54, 1.807) is 24.3 Å². The molecule has 0 aliphatic rings. The summed E-state index contributed by atoms with van der Waals surface area (Å²) in [5.41, 5.74) is 0.798. The van der Waals surface area contributed by atoms with Gasteiger partial charge in [0.15, 0.2) is 0 Å². The molecular formula is C10H12N2O3S. The summed E-state index contributed by atoms with van der Waals surface area (Å²) in [5.74, 6) is -0.253.